The van der Waals surface area contributed by atoms with E-state index in [1.54, 1.807) is 0 Å². The van der Waals surface area contributed by atoms with Gasteiger partial charge in [-0.1, -0.05) is 32.6 Å². The summed E-state index contributed by atoms with van der Waals surface area (Å²) >= 11 is 0. The first-order valence-corrected chi connectivity index (χ1v) is 8.24. The van der Waals surface area contributed by atoms with Crippen molar-refractivity contribution in [3.8, 4) is 0 Å². The van der Waals surface area contributed by atoms with Gasteiger partial charge in [0, 0.05) is 25.2 Å². The van der Waals surface area contributed by atoms with Crippen LogP contribution in [0.15, 0.2) is 0 Å². The van der Waals surface area contributed by atoms with E-state index in [9.17, 15) is 0 Å². The molecule has 1 aliphatic heterocycles. The van der Waals surface area contributed by atoms with E-state index in [1.165, 1.54) is 32.1 Å². The van der Waals surface area contributed by atoms with Crippen molar-refractivity contribution in [3.05, 3.63) is 0 Å². The van der Waals surface area contributed by atoms with Crippen LogP contribution in [0.4, 0.5) is 0 Å². The molecule has 2 N–H and O–H groups in total. The summed E-state index contributed by atoms with van der Waals surface area (Å²) in [5.41, 5.74) is 6.60. The lowest BCUT2D eigenvalue weighted by Gasteiger charge is -2.43. The molecule has 3 heteroatoms. The quantitative estimate of drug-likeness (QED) is 0.852. The molecule has 0 spiro atoms. The van der Waals surface area contributed by atoms with E-state index < -0.39 is 0 Å². The van der Waals surface area contributed by atoms with Gasteiger partial charge in [0.1, 0.15) is 0 Å². The predicted octanol–water partition coefficient (Wildman–Crippen LogP) is 2.64. The number of rotatable bonds is 4. The van der Waals surface area contributed by atoms with Crippen molar-refractivity contribution in [2.45, 2.75) is 71.1 Å². The van der Waals surface area contributed by atoms with Crippen molar-refractivity contribution < 1.29 is 4.74 Å². The molecule has 0 amide bonds. The minimum atomic E-state index is 0.229. The molecule has 0 bridgehead atoms. The zero-order chi connectivity index (χ0) is 13.8. The molecule has 3 nitrogen and oxygen atoms in total. The Balaban J connectivity index is 1.95. The summed E-state index contributed by atoms with van der Waals surface area (Å²) in [5, 5.41) is 0. The van der Waals surface area contributed by atoms with Gasteiger partial charge in [0.05, 0.1) is 12.7 Å². The highest BCUT2D eigenvalue weighted by Gasteiger charge is 2.36. The molecule has 19 heavy (non-hydrogen) atoms. The maximum absolute atomic E-state index is 6.60. The van der Waals surface area contributed by atoms with E-state index in [0.29, 0.717) is 12.0 Å². The van der Waals surface area contributed by atoms with Gasteiger partial charge in [-0.25, -0.2) is 0 Å². The molecule has 1 heterocycles. The highest BCUT2D eigenvalue weighted by atomic mass is 16.5. The number of nitrogens with two attached hydrogens (primary N) is 1. The molecule has 1 saturated carbocycles. The van der Waals surface area contributed by atoms with Crippen molar-refractivity contribution in [1.82, 2.24) is 4.90 Å². The monoisotopic (exact) mass is 268 g/mol. The molecular weight excluding hydrogens is 236 g/mol. The Morgan fingerprint density at radius 2 is 2.00 bits per heavy atom. The smallest absolute Gasteiger partial charge is 0.0856 e. The number of ether oxygens (including phenoxy) is 1. The Labute approximate surface area is 118 Å². The largest absolute Gasteiger partial charge is 0.374 e. The standard InChI is InChI=1S/C16H32N2O/c1-4-13-7-5-6-8-14(13)16(17)15-11-18(12(2)3)9-10-19-15/h12-16H,4-11,17H2,1-3H3. The van der Waals surface area contributed by atoms with Gasteiger partial charge in [0.15, 0.2) is 0 Å². The Morgan fingerprint density at radius 1 is 1.26 bits per heavy atom. The molecule has 0 aromatic rings. The summed E-state index contributed by atoms with van der Waals surface area (Å²) in [7, 11) is 0. The molecular formula is C16H32N2O. The van der Waals surface area contributed by atoms with Gasteiger partial charge >= 0.3 is 0 Å². The molecule has 2 rings (SSSR count). The lowest BCUT2D eigenvalue weighted by atomic mass is 9.73. The molecule has 0 radical (unpaired) electrons. The van der Waals surface area contributed by atoms with E-state index in [-0.39, 0.29) is 12.1 Å². The van der Waals surface area contributed by atoms with Gasteiger partial charge in [-0.2, -0.15) is 0 Å². The molecule has 2 aliphatic rings. The molecule has 0 aromatic heterocycles. The first-order chi connectivity index (χ1) is 9.13. The van der Waals surface area contributed by atoms with E-state index in [4.69, 9.17) is 10.5 Å². The average molecular weight is 268 g/mol. The fourth-order valence-corrected chi connectivity index (χ4v) is 3.92. The highest BCUT2D eigenvalue weighted by molar-refractivity contribution is 4.90. The topological polar surface area (TPSA) is 38.5 Å². The number of morpholine rings is 1. The third-order valence-corrected chi connectivity index (χ3v) is 5.27. The van der Waals surface area contributed by atoms with Gasteiger partial charge in [0.25, 0.3) is 0 Å². The summed E-state index contributed by atoms with van der Waals surface area (Å²) in [6, 6.07) is 0.832. The summed E-state index contributed by atoms with van der Waals surface area (Å²) in [4.78, 5) is 2.51. The lowest BCUT2D eigenvalue weighted by Crippen LogP contribution is -2.56. The number of nitrogens with zero attached hydrogens (tertiary/aromatic N) is 1. The Hall–Kier alpha value is -0.120. The normalized spacial score (nSPS) is 35.5. The molecule has 112 valence electrons. The predicted molar refractivity (Wildman–Crippen MR) is 80.2 cm³/mol. The molecule has 2 fully saturated rings. The molecule has 4 unspecified atom stereocenters. The Morgan fingerprint density at radius 3 is 2.68 bits per heavy atom. The van der Waals surface area contributed by atoms with Crippen molar-refractivity contribution in [3.63, 3.8) is 0 Å². The molecule has 1 aliphatic carbocycles. The van der Waals surface area contributed by atoms with Crippen LogP contribution in [0.2, 0.25) is 0 Å². The maximum Gasteiger partial charge on any atom is 0.0856 e. The first kappa shape index (κ1) is 15.3. The summed E-state index contributed by atoms with van der Waals surface area (Å²) in [5.74, 6) is 1.50. The Kier molecular flexibility index (Phi) is 5.67. The van der Waals surface area contributed by atoms with Crippen LogP contribution in [-0.4, -0.2) is 42.8 Å². The second kappa shape index (κ2) is 7.05. The first-order valence-electron chi connectivity index (χ1n) is 8.24. The fourth-order valence-electron chi connectivity index (χ4n) is 3.92. The summed E-state index contributed by atoms with van der Waals surface area (Å²) in [6.45, 7) is 9.78. The minimum absolute atomic E-state index is 0.229. The van der Waals surface area contributed by atoms with Crippen molar-refractivity contribution in [2.24, 2.45) is 17.6 Å². The van der Waals surface area contributed by atoms with E-state index in [0.717, 1.165) is 25.6 Å². The van der Waals surface area contributed by atoms with Crippen LogP contribution in [0.5, 0.6) is 0 Å². The van der Waals surface area contributed by atoms with Gasteiger partial charge in [-0.15, -0.1) is 0 Å². The number of hydrogen-bond acceptors (Lipinski definition) is 3. The van der Waals surface area contributed by atoms with Crippen LogP contribution in [-0.2, 0) is 4.74 Å². The van der Waals surface area contributed by atoms with E-state index >= 15 is 0 Å². The lowest BCUT2D eigenvalue weighted by molar-refractivity contribution is -0.0652. The molecule has 1 saturated heterocycles. The number of hydrogen-bond donors (Lipinski definition) is 1. The maximum atomic E-state index is 6.60. The van der Waals surface area contributed by atoms with Crippen molar-refractivity contribution >= 4 is 0 Å². The summed E-state index contributed by atoms with van der Waals surface area (Å²) in [6.07, 6.45) is 6.95. The SMILES string of the molecule is CCC1CCCCC1C(N)C1CN(C(C)C)CCO1. The molecule has 0 aromatic carbocycles. The second-order valence-electron chi connectivity index (χ2n) is 6.69. The highest BCUT2D eigenvalue weighted by Crippen LogP contribution is 2.35. The van der Waals surface area contributed by atoms with Crippen LogP contribution in [0.3, 0.4) is 0 Å². The van der Waals surface area contributed by atoms with Gasteiger partial charge in [-0.05, 0) is 32.1 Å². The van der Waals surface area contributed by atoms with Crippen molar-refractivity contribution in [1.29, 1.82) is 0 Å². The Bertz CT molecular complexity index is 269. The second-order valence-corrected chi connectivity index (χ2v) is 6.69. The van der Waals surface area contributed by atoms with Crippen LogP contribution in [0.1, 0.15) is 52.9 Å². The zero-order valence-electron chi connectivity index (χ0n) is 13.0. The van der Waals surface area contributed by atoms with Crippen LogP contribution >= 0.6 is 0 Å². The van der Waals surface area contributed by atoms with E-state index in [2.05, 4.69) is 25.7 Å². The van der Waals surface area contributed by atoms with Crippen LogP contribution in [0, 0.1) is 11.8 Å². The van der Waals surface area contributed by atoms with Crippen LogP contribution < -0.4 is 5.73 Å². The minimum Gasteiger partial charge on any atom is -0.374 e. The van der Waals surface area contributed by atoms with Gasteiger partial charge in [0.2, 0.25) is 0 Å². The van der Waals surface area contributed by atoms with E-state index in [1.807, 2.05) is 0 Å². The fraction of sp³-hybridized carbons (Fsp3) is 1.00. The third-order valence-electron chi connectivity index (χ3n) is 5.27. The van der Waals surface area contributed by atoms with Crippen LogP contribution in [0.25, 0.3) is 0 Å². The summed E-state index contributed by atoms with van der Waals surface area (Å²) < 4.78 is 6.00. The third kappa shape index (κ3) is 3.71. The van der Waals surface area contributed by atoms with Crippen molar-refractivity contribution in [2.75, 3.05) is 19.7 Å². The average Bonchev–Trinajstić information content (AvgIpc) is 2.46. The molecule has 4 atom stereocenters. The van der Waals surface area contributed by atoms with Gasteiger partial charge < -0.3 is 10.5 Å². The van der Waals surface area contributed by atoms with Gasteiger partial charge in [-0.3, -0.25) is 4.90 Å². The zero-order valence-corrected chi connectivity index (χ0v) is 13.0.